The molecule has 10 heteroatoms. The number of amides is 1. The van der Waals surface area contributed by atoms with Gasteiger partial charge in [-0.1, -0.05) is 0 Å². The first-order valence-corrected chi connectivity index (χ1v) is 5.89. The minimum Gasteiger partial charge on any atom is -0.480 e. The fourth-order valence-electron chi connectivity index (χ4n) is 0.855. The van der Waals surface area contributed by atoms with Crippen LogP contribution in [-0.2, 0) is 19.0 Å². The predicted octanol–water partition coefficient (Wildman–Crippen LogP) is -1.39. The molecule has 0 aromatic carbocycles. The average molecular weight is 257 g/mol. The molecule has 94 valence electrons. The number of hydrogen-bond donors (Lipinski definition) is 5. The van der Waals surface area contributed by atoms with E-state index in [0.717, 1.165) is 0 Å². The minimum atomic E-state index is -4.52. The van der Waals surface area contributed by atoms with Crippen molar-refractivity contribution in [2.45, 2.75) is 12.5 Å². The van der Waals surface area contributed by atoms with Gasteiger partial charge in [0.05, 0.1) is 6.61 Å². The Hall–Kier alpha value is -0.990. The highest BCUT2D eigenvalue weighted by molar-refractivity contribution is 7.52. The summed E-state index contributed by atoms with van der Waals surface area (Å²) in [6.45, 7) is -0.326. The smallest absolute Gasteiger partial charge is 0.334 e. The van der Waals surface area contributed by atoms with E-state index in [1.165, 1.54) is 0 Å². The third-order valence-corrected chi connectivity index (χ3v) is 2.18. The third kappa shape index (κ3) is 7.32. The summed E-state index contributed by atoms with van der Waals surface area (Å²) in [6.07, 6.45) is -1.31. The lowest BCUT2D eigenvalue weighted by atomic mass is 10.2. The molecule has 0 radical (unpaired) electrons. The van der Waals surface area contributed by atoms with E-state index in [2.05, 4.69) is 4.89 Å². The number of carbonyl (C=O) groups excluding carboxylic acids is 1. The van der Waals surface area contributed by atoms with Crippen molar-refractivity contribution >= 4 is 19.5 Å². The maximum atomic E-state index is 11.0. The maximum Gasteiger partial charge on any atom is 0.334 e. The SMILES string of the molecule is O=C(CP(=O)(O)O)NC(CCOO)C(=O)O. The van der Waals surface area contributed by atoms with Gasteiger partial charge in [-0.3, -0.25) is 14.6 Å². The maximum absolute atomic E-state index is 11.0. The number of carbonyl (C=O) groups is 2. The quantitative estimate of drug-likeness (QED) is 0.212. The van der Waals surface area contributed by atoms with E-state index in [0.29, 0.717) is 0 Å². The van der Waals surface area contributed by atoms with Gasteiger partial charge in [-0.2, -0.15) is 0 Å². The highest BCUT2D eigenvalue weighted by Crippen LogP contribution is 2.33. The monoisotopic (exact) mass is 257 g/mol. The summed E-state index contributed by atoms with van der Waals surface area (Å²) in [7, 11) is -4.52. The summed E-state index contributed by atoms with van der Waals surface area (Å²) >= 11 is 0. The molecule has 0 aliphatic carbocycles. The van der Waals surface area contributed by atoms with Crippen LogP contribution in [0.4, 0.5) is 0 Å². The summed E-state index contributed by atoms with van der Waals surface area (Å²) in [6, 6.07) is -1.37. The van der Waals surface area contributed by atoms with E-state index in [4.69, 9.17) is 20.2 Å². The molecule has 0 heterocycles. The zero-order valence-corrected chi connectivity index (χ0v) is 8.96. The van der Waals surface area contributed by atoms with Gasteiger partial charge < -0.3 is 20.2 Å². The Morgan fingerprint density at radius 1 is 1.38 bits per heavy atom. The van der Waals surface area contributed by atoms with Crippen molar-refractivity contribution in [2.24, 2.45) is 0 Å². The van der Waals surface area contributed by atoms with Gasteiger partial charge in [0.1, 0.15) is 12.2 Å². The van der Waals surface area contributed by atoms with Gasteiger partial charge in [0.25, 0.3) is 0 Å². The summed E-state index contributed by atoms with van der Waals surface area (Å²) in [5, 5.41) is 18.5. The van der Waals surface area contributed by atoms with E-state index in [1.54, 1.807) is 0 Å². The van der Waals surface area contributed by atoms with Crippen LogP contribution in [-0.4, -0.2) is 50.8 Å². The Labute approximate surface area is 90.1 Å². The van der Waals surface area contributed by atoms with Crippen molar-refractivity contribution in [1.82, 2.24) is 5.32 Å². The predicted molar refractivity (Wildman–Crippen MR) is 49.7 cm³/mol. The molecule has 5 N–H and O–H groups in total. The standard InChI is InChI=1S/C6H12NO8P/c8-5(3-16(12,13)14)7-4(6(9)10)1-2-15-11/h4,11H,1-3H2,(H,7,8)(H,9,10)(H2,12,13,14). The summed E-state index contributed by atoms with van der Waals surface area (Å²) in [4.78, 5) is 42.1. The highest BCUT2D eigenvalue weighted by atomic mass is 31.2. The van der Waals surface area contributed by atoms with Crippen LogP contribution in [0.25, 0.3) is 0 Å². The molecule has 0 aliphatic heterocycles. The zero-order chi connectivity index (χ0) is 12.8. The van der Waals surface area contributed by atoms with Gasteiger partial charge in [-0.05, 0) is 0 Å². The number of carboxylic acid groups (broad SMARTS) is 1. The fraction of sp³-hybridized carbons (Fsp3) is 0.667. The molecule has 0 saturated heterocycles. The van der Waals surface area contributed by atoms with Crippen LogP contribution >= 0.6 is 7.60 Å². The first-order valence-electron chi connectivity index (χ1n) is 4.09. The van der Waals surface area contributed by atoms with Crippen molar-refractivity contribution in [3.05, 3.63) is 0 Å². The van der Waals surface area contributed by atoms with E-state index in [1.807, 2.05) is 5.32 Å². The van der Waals surface area contributed by atoms with Crippen molar-refractivity contribution in [1.29, 1.82) is 0 Å². The normalized spacial score (nSPS) is 13.2. The van der Waals surface area contributed by atoms with Gasteiger partial charge in [0, 0.05) is 6.42 Å². The second kappa shape index (κ2) is 6.56. The molecule has 0 fully saturated rings. The van der Waals surface area contributed by atoms with Crippen molar-refractivity contribution in [2.75, 3.05) is 12.8 Å². The molecule has 9 nitrogen and oxygen atoms in total. The first kappa shape index (κ1) is 15.0. The molecule has 0 aromatic heterocycles. The highest BCUT2D eigenvalue weighted by Gasteiger charge is 2.24. The van der Waals surface area contributed by atoms with Crippen LogP contribution in [0.3, 0.4) is 0 Å². The van der Waals surface area contributed by atoms with Gasteiger partial charge >= 0.3 is 13.6 Å². The lowest BCUT2D eigenvalue weighted by molar-refractivity contribution is -0.243. The molecule has 0 spiro atoms. The molecule has 16 heavy (non-hydrogen) atoms. The van der Waals surface area contributed by atoms with Gasteiger partial charge in [-0.15, -0.1) is 0 Å². The number of hydrogen-bond acceptors (Lipinski definition) is 5. The third-order valence-electron chi connectivity index (χ3n) is 1.48. The Bertz CT molecular complexity index is 299. The molecule has 0 saturated carbocycles. The number of carboxylic acids is 1. The number of aliphatic carboxylic acids is 1. The Balaban J connectivity index is 4.24. The minimum absolute atomic E-state index is 0.223. The van der Waals surface area contributed by atoms with E-state index in [-0.39, 0.29) is 13.0 Å². The van der Waals surface area contributed by atoms with Crippen LogP contribution in [0.2, 0.25) is 0 Å². The summed E-state index contributed by atoms with van der Waals surface area (Å²) < 4.78 is 10.4. The molecule has 0 bridgehead atoms. The van der Waals surface area contributed by atoms with Crippen LogP contribution in [0.1, 0.15) is 6.42 Å². The first-order chi connectivity index (χ1) is 7.26. The Morgan fingerprint density at radius 3 is 2.31 bits per heavy atom. The van der Waals surface area contributed by atoms with E-state index >= 15 is 0 Å². The molecule has 0 rings (SSSR count). The molecule has 1 amide bonds. The van der Waals surface area contributed by atoms with Crippen LogP contribution in [0, 0.1) is 0 Å². The van der Waals surface area contributed by atoms with Crippen LogP contribution in [0.5, 0.6) is 0 Å². The lowest BCUT2D eigenvalue weighted by Gasteiger charge is -2.13. The van der Waals surface area contributed by atoms with Crippen molar-refractivity contribution in [3.8, 4) is 0 Å². The van der Waals surface area contributed by atoms with Gasteiger partial charge in [0.15, 0.2) is 0 Å². The zero-order valence-electron chi connectivity index (χ0n) is 8.07. The lowest BCUT2D eigenvalue weighted by Crippen LogP contribution is -2.42. The summed E-state index contributed by atoms with van der Waals surface area (Å²) in [5.74, 6) is -2.48. The fourth-order valence-corrected chi connectivity index (χ4v) is 1.32. The van der Waals surface area contributed by atoms with E-state index < -0.39 is 31.7 Å². The van der Waals surface area contributed by atoms with Crippen molar-refractivity contribution in [3.63, 3.8) is 0 Å². The number of nitrogens with one attached hydrogen (secondary N) is 1. The van der Waals surface area contributed by atoms with Crippen LogP contribution < -0.4 is 5.32 Å². The number of rotatable bonds is 7. The molecular weight excluding hydrogens is 245 g/mol. The molecule has 1 unspecified atom stereocenters. The molecular formula is C6H12NO8P. The largest absolute Gasteiger partial charge is 0.480 e. The second-order valence-electron chi connectivity index (χ2n) is 2.90. The molecule has 0 aliphatic rings. The van der Waals surface area contributed by atoms with E-state index in [9.17, 15) is 14.2 Å². The van der Waals surface area contributed by atoms with Gasteiger partial charge in [-0.25, -0.2) is 9.68 Å². The second-order valence-corrected chi connectivity index (χ2v) is 4.55. The topological polar surface area (TPSA) is 153 Å². The molecule has 1 atom stereocenters. The van der Waals surface area contributed by atoms with Gasteiger partial charge in [0.2, 0.25) is 5.91 Å². The summed E-state index contributed by atoms with van der Waals surface area (Å²) in [5.41, 5.74) is 0. The van der Waals surface area contributed by atoms with Crippen LogP contribution in [0.15, 0.2) is 0 Å². The Kier molecular flexibility index (Phi) is 6.16. The molecule has 0 aromatic rings. The average Bonchev–Trinajstić information content (AvgIpc) is 2.08. The Morgan fingerprint density at radius 2 is 1.94 bits per heavy atom. The van der Waals surface area contributed by atoms with Crippen molar-refractivity contribution < 1.29 is 39.2 Å².